The lowest BCUT2D eigenvalue weighted by atomic mass is 10.1. The maximum absolute atomic E-state index is 12.2. The highest BCUT2D eigenvalue weighted by molar-refractivity contribution is 5.77. The van der Waals surface area contributed by atoms with Crippen LogP contribution in [-0.2, 0) is 17.8 Å². The summed E-state index contributed by atoms with van der Waals surface area (Å²) in [4.78, 5) is 12.2. The molecule has 0 fully saturated rings. The maximum Gasteiger partial charge on any atom is 0.247 e. The van der Waals surface area contributed by atoms with E-state index in [1.165, 1.54) is 0 Å². The molecule has 7 nitrogen and oxygen atoms in total. The summed E-state index contributed by atoms with van der Waals surface area (Å²) in [6.07, 6.45) is 0.0200. The molecule has 1 N–H and O–H groups in total. The number of benzene rings is 2. The SMILES string of the molecule is COc1ccc(CNC(=O)Cc2nnc(-c3ccc(C)cc3)o2)cc1OC. The van der Waals surface area contributed by atoms with Gasteiger partial charge >= 0.3 is 0 Å². The number of amides is 1. The molecule has 0 spiro atoms. The molecule has 0 aliphatic carbocycles. The van der Waals surface area contributed by atoms with Crippen molar-refractivity contribution in [2.45, 2.75) is 19.9 Å². The molecule has 0 saturated carbocycles. The van der Waals surface area contributed by atoms with E-state index in [4.69, 9.17) is 13.9 Å². The molecule has 0 saturated heterocycles. The van der Waals surface area contributed by atoms with Gasteiger partial charge in [-0.25, -0.2) is 0 Å². The highest BCUT2D eigenvalue weighted by atomic mass is 16.5. The summed E-state index contributed by atoms with van der Waals surface area (Å²) < 4.78 is 16.0. The smallest absolute Gasteiger partial charge is 0.247 e. The monoisotopic (exact) mass is 367 g/mol. The van der Waals surface area contributed by atoms with Crippen LogP contribution >= 0.6 is 0 Å². The lowest BCUT2D eigenvalue weighted by Crippen LogP contribution is -2.24. The minimum atomic E-state index is -0.205. The van der Waals surface area contributed by atoms with E-state index < -0.39 is 0 Å². The number of aryl methyl sites for hydroxylation is 1. The van der Waals surface area contributed by atoms with Crippen LogP contribution < -0.4 is 14.8 Å². The first-order valence-corrected chi connectivity index (χ1v) is 8.46. The van der Waals surface area contributed by atoms with Crippen LogP contribution in [0.25, 0.3) is 11.5 Å². The molecule has 0 radical (unpaired) electrons. The van der Waals surface area contributed by atoms with Gasteiger partial charge in [-0.3, -0.25) is 4.79 Å². The first-order chi connectivity index (χ1) is 13.1. The summed E-state index contributed by atoms with van der Waals surface area (Å²) in [6.45, 7) is 2.36. The molecule has 7 heteroatoms. The molecule has 3 rings (SSSR count). The molecule has 27 heavy (non-hydrogen) atoms. The minimum absolute atomic E-state index is 0.0200. The van der Waals surface area contributed by atoms with Crippen molar-refractivity contribution in [3.8, 4) is 23.0 Å². The summed E-state index contributed by atoms with van der Waals surface area (Å²) >= 11 is 0. The van der Waals surface area contributed by atoms with E-state index in [0.717, 1.165) is 16.7 Å². The molecule has 2 aromatic carbocycles. The Kier molecular flexibility index (Phi) is 5.71. The predicted octanol–water partition coefficient (Wildman–Crippen LogP) is 2.92. The highest BCUT2D eigenvalue weighted by Gasteiger charge is 2.13. The molecule has 0 atom stereocenters. The van der Waals surface area contributed by atoms with Crippen LogP contribution in [0.3, 0.4) is 0 Å². The summed E-state index contributed by atoms with van der Waals surface area (Å²) in [5, 5.41) is 10.8. The quantitative estimate of drug-likeness (QED) is 0.691. The zero-order valence-electron chi connectivity index (χ0n) is 15.5. The number of hydrogen-bond acceptors (Lipinski definition) is 6. The number of nitrogens with one attached hydrogen (secondary N) is 1. The van der Waals surface area contributed by atoms with Gasteiger partial charge in [0.25, 0.3) is 0 Å². The summed E-state index contributed by atoms with van der Waals surface area (Å²) in [5.74, 6) is 1.72. The number of aromatic nitrogens is 2. The van der Waals surface area contributed by atoms with E-state index in [2.05, 4.69) is 15.5 Å². The maximum atomic E-state index is 12.2. The molecule has 3 aromatic rings. The third kappa shape index (κ3) is 4.63. The van der Waals surface area contributed by atoms with E-state index in [1.54, 1.807) is 20.3 Å². The fourth-order valence-corrected chi connectivity index (χ4v) is 2.53. The highest BCUT2D eigenvalue weighted by Crippen LogP contribution is 2.27. The number of nitrogens with zero attached hydrogens (tertiary/aromatic N) is 2. The normalized spacial score (nSPS) is 10.5. The van der Waals surface area contributed by atoms with Crippen molar-refractivity contribution in [1.82, 2.24) is 15.5 Å². The van der Waals surface area contributed by atoms with Crippen LogP contribution in [0.15, 0.2) is 46.9 Å². The van der Waals surface area contributed by atoms with Crippen molar-refractivity contribution in [1.29, 1.82) is 0 Å². The molecule has 140 valence electrons. The zero-order chi connectivity index (χ0) is 19.2. The van der Waals surface area contributed by atoms with E-state index >= 15 is 0 Å². The van der Waals surface area contributed by atoms with Gasteiger partial charge in [-0.2, -0.15) is 0 Å². The number of carbonyl (C=O) groups is 1. The van der Waals surface area contributed by atoms with Crippen molar-refractivity contribution in [2.24, 2.45) is 0 Å². The second-order valence-corrected chi connectivity index (χ2v) is 6.01. The Labute approximate surface area is 157 Å². The van der Waals surface area contributed by atoms with Gasteiger partial charge in [0.15, 0.2) is 11.5 Å². The Morgan fingerprint density at radius 1 is 1.04 bits per heavy atom. The molecule has 1 amide bonds. The average Bonchev–Trinajstić information content (AvgIpc) is 3.15. The molecule has 0 aliphatic rings. The van der Waals surface area contributed by atoms with Crippen LogP contribution in [0.1, 0.15) is 17.0 Å². The molecule has 0 unspecified atom stereocenters. The predicted molar refractivity (Wildman–Crippen MR) is 99.6 cm³/mol. The molecule has 0 bridgehead atoms. The van der Waals surface area contributed by atoms with Crippen molar-refractivity contribution in [2.75, 3.05) is 14.2 Å². The van der Waals surface area contributed by atoms with Gasteiger partial charge in [-0.1, -0.05) is 23.8 Å². The Bertz CT molecular complexity index is 919. The van der Waals surface area contributed by atoms with E-state index in [1.807, 2.05) is 43.3 Å². The van der Waals surface area contributed by atoms with Gasteiger partial charge in [-0.15, -0.1) is 10.2 Å². The number of hydrogen-bond donors (Lipinski definition) is 1. The fourth-order valence-electron chi connectivity index (χ4n) is 2.53. The van der Waals surface area contributed by atoms with Gasteiger partial charge < -0.3 is 19.2 Å². The van der Waals surface area contributed by atoms with E-state index in [-0.39, 0.29) is 18.2 Å². The van der Waals surface area contributed by atoms with Crippen molar-refractivity contribution in [3.05, 3.63) is 59.5 Å². The topological polar surface area (TPSA) is 86.5 Å². The second-order valence-electron chi connectivity index (χ2n) is 6.01. The molecular weight excluding hydrogens is 346 g/mol. The Balaban J connectivity index is 1.58. The van der Waals surface area contributed by atoms with Crippen LogP contribution in [0.5, 0.6) is 11.5 Å². The van der Waals surface area contributed by atoms with Crippen molar-refractivity contribution >= 4 is 5.91 Å². The minimum Gasteiger partial charge on any atom is -0.493 e. The standard InChI is InChI=1S/C20H21N3O4/c1-13-4-7-15(8-5-13)20-23-22-19(27-20)11-18(24)21-12-14-6-9-16(25-2)17(10-14)26-3/h4-10H,11-12H2,1-3H3,(H,21,24). The Hall–Kier alpha value is -3.35. The number of rotatable bonds is 7. The summed E-state index contributed by atoms with van der Waals surface area (Å²) in [5.41, 5.74) is 2.87. The van der Waals surface area contributed by atoms with Gasteiger partial charge in [0.05, 0.1) is 14.2 Å². The van der Waals surface area contributed by atoms with Crippen molar-refractivity contribution in [3.63, 3.8) is 0 Å². The summed E-state index contributed by atoms with van der Waals surface area (Å²) in [7, 11) is 3.15. The largest absolute Gasteiger partial charge is 0.493 e. The van der Waals surface area contributed by atoms with Gasteiger partial charge in [0, 0.05) is 12.1 Å². The number of methoxy groups -OCH3 is 2. The van der Waals surface area contributed by atoms with Crippen LogP contribution in [0.2, 0.25) is 0 Å². The third-order valence-corrected chi connectivity index (χ3v) is 4.01. The molecule has 1 aromatic heterocycles. The lowest BCUT2D eigenvalue weighted by molar-refractivity contribution is -0.120. The number of ether oxygens (including phenoxy) is 2. The first kappa shape index (κ1) is 18.4. The fraction of sp³-hybridized carbons (Fsp3) is 0.250. The zero-order valence-corrected chi connectivity index (χ0v) is 15.5. The second kappa shape index (κ2) is 8.35. The Morgan fingerprint density at radius 2 is 1.78 bits per heavy atom. The molecule has 1 heterocycles. The Morgan fingerprint density at radius 3 is 2.48 bits per heavy atom. The number of carbonyl (C=O) groups excluding carboxylic acids is 1. The van der Waals surface area contributed by atoms with Crippen molar-refractivity contribution < 1.29 is 18.7 Å². The lowest BCUT2D eigenvalue weighted by Gasteiger charge is -2.10. The average molecular weight is 367 g/mol. The van der Waals surface area contributed by atoms with Gasteiger partial charge in [0.2, 0.25) is 17.7 Å². The van der Waals surface area contributed by atoms with Crippen LogP contribution in [0.4, 0.5) is 0 Å². The van der Waals surface area contributed by atoms with Crippen LogP contribution in [0, 0.1) is 6.92 Å². The van der Waals surface area contributed by atoms with Gasteiger partial charge in [-0.05, 0) is 36.8 Å². The molecular formula is C20H21N3O4. The first-order valence-electron chi connectivity index (χ1n) is 8.46. The van der Waals surface area contributed by atoms with Crippen LogP contribution in [-0.4, -0.2) is 30.3 Å². The third-order valence-electron chi connectivity index (χ3n) is 4.01. The summed E-state index contributed by atoms with van der Waals surface area (Å²) in [6, 6.07) is 13.2. The molecule has 0 aliphatic heterocycles. The van der Waals surface area contributed by atoms with Gasteiger partial charge in [0.1, 0.15) is 6.42 Å². The van der Waals surface area contributed by atoms with E-state index in [9.17, 15) is 4.79 Å². The van der Waals surface area contributed by atoms with E-state index in [0.29, 0.717) is 23.9 Å².